The van der Waals surface area contributed by atoms with Crippen LogP contribution in [0.25, 0.3) is 0 Å². The second-order valence-electron chi connectivity index (χ2n) is 3.80. The molecule has 2 rings (SSSR count). The van der Waals surface area contributed by atoms with Crippen molar-refractivity contribution in [3.05, 3.63) is 29.3 Å². The summed E-state index contributed by atoms with van der Waals surface area (Å²) < 4.78 is 31.5. The predicted molar refractivity (Wildman–Crippen MR) is 57.4 cm³/mol. The summed E-state index contributed by atoms with van der Waals surface area (Å²) in [6.45, 7) is 1.80. The lowest BCUT2D eigenvalue weighted by Gasteiger charge is -2.13. The molecule has 1 aromatic rings. The lowest BCUT2D eigenvalue weighted by atomic mass is 10.1. The summed E-state index contributed by atoms with van der Waals surface area (Å²) in [4.78, 5) is 0. The van der Waals surface area contributed by atoms with Crippen LogP contribution in [0, 0.1) is 11.6 Å². The van der Waals surface area contributed by atoms with Crippen LogP contribution in [0.1, 0.15) is 30.6 Å². The summed E-state index contributed by atoms with van der Waals surface area (Å²) in [5, 5.41) is -0.172. The fourth-order valence-corrected chi connectivity index (χ4v) is 1.54. The second-order valence-corrected chi connectivity index (χ2v) is 4.57. The molecule has 0 aromatic heterocycles. The van der Waals surface area contributed by atoms with Gasteiger partial charge in [0.15, 0.2) is 11.6 Å². The zero-order chi connectivity index (χ0) is 11.0. The zero-order valence-corrected chi connectivity index (χ0v) is 9.23. The minimum Gasteiger partial charge on any atom is -0.490 e. The molecule has 1 aliphatic carbocycles. The van der Waals surface area contributed by atoms with Gasteiger partial charge in [0.25, 0.3) is 0 Å². The number of rotatable bonds is 3. The van der Waals surface area contributed by atoms with E-state index in [-0.39, 0.29) is 11.4 Å². The zero-order valence-electron chi connectivity index (χ0n) is 8.34. The second kappa shape index (κ2) is 4.00. The van der Waals surface area contributed by atoms with Gasteiger partial charge in [-0.3, -0.25) is 0 Å². The Morgan fingerprint density at radius 2 is 1.93 bits per heavy atom. The number of hydrogen-bond donors (Lipinski definition) is 1. The molecule has 15 heavy (non-hydrogen) atoms. The third-order valence-corrected chi connectivity index (χ3v) is 2.60. The summed E-state index contributed by atoms with van der Waals surface area (Å²) in [6, 6.07) is 2.26. The summed E-state index contributed by atoms with van der Waals surface area (Å²) >= 11 is 4.21. The van der Waals surface area contributed by atoms with Gasteiger partial charge < -0.3 is 4.74 Å². The monoisotopic (exact) mass is 230 g/mol. The van der Waals surface area contributed by atoms with Crippen molar-refractivity contribution < 1.29 is 13.5 Å². The molecule has 0 amide bonds. The van der Waals surface area contributed by atoms with E-state index < -0.39 is 11.6 Å². The Morgan fingerprint density at radius 1 is 1.33 bits per heavy atom. The van der Waals surface area contributed by atoms with E-state index in [1.165, 1.54) is 0 Å². The molecule has 0 bridgehead atoms. The Morgan fingerprint density at radius 3 is 2.47 bits per heavy atom. The van der Waals surface area contributed by atoms with Gasteiger partial charge in [-0.05, 0) is 25.8 Å². The molecule has 0 saturated heterocycles. The van der Waals surface area contributed by atoms with Gasteiger partial charge in [0.05, 0.1) is 6.10 Å². The summed E-state index contributed by atoms with van der Waals surface area (Å²) in [6.07, 6.45) is 2.14. The quantitative estimate of drug-likeness (QED) is 0.782. The molecule has 1 aromatic carbocycles. The Bertz CT molecular complexity index is 375. The van der Waals surface area contributed by atoms with Crippen molar-refractivity contribution in [2.45, 2.75) is 31.1 Å². The molecule has 1 aliphatic rings. The van der Waals surface area contributed by atoms with Crippen LogP contribution in [-0.4, -0.2) is 6.10 Å². The third-order valence-electron chi connectivity index (χ3n) is 2.32. The lowest BCUT2D eigenvalue weighted by Crippen LogP contribution is -2.02. The number of ether oxygens (including phenoxy) is 1. The number of thiol groups is 1. The lowest BCUT2D eigenvalue weighted by molar-refractivity contribution is 0.297. The third kappa shape index (κ3) is 2.43. The van der Waals surface area contributed by atoms with Crippen LogP contribution in [0.2, 0.25) is 0 Å². The summed E-state index contributed by atoms with van der Waals surface area (Å²) in [5.41, 5.74) is 0.601. The highest BCUT2D eigenvalue weighted by Crippen LogP contribution is 2.35. The molecule has 1 saturated carbocycles. The van der Waals surface area contributed by atoms with Gasteiger partial charge in [0, 0.05) is 16.9 Å². The highest BCUT2D eigenvalue weighted by Gasteiger charge is 2.26. The maximum absolute atomic E-state index is 13.0. The van der Waals surface area contributed by atoms with Gasteiger partial charge >= 0.3 is 0 Å². The number of hydrogen-bond acceptors (Lipinski definition) is 2. The average molecular weight is 230 g/mol. The first-order valence-corrected chi connectivity index (χ1v) is 5.43. The van der Waals surface area contributed by atoms with Gasteiger partial charge in [-0.2, -0.15) is 12.6 Å². The predicted octanol–water partition coefficient (Wildman–Crippen LogP) is 3.50. The normalized spacial score (nSPS) is 17.6. The topological polar surface area (TPSA) is 9.23 Å². The molecule has 0 aliphatic heterocycles. The van der Waals surface area contributed by atoms with Crippen molar-refractivity contribution in [2.75, 3.05) is 0 Å². The summed E-state index contributed by atoms with van der Waals surface area (Å²) in [7, 11) is 0. The molecule has 82 valence electrons. The van der Waals surface area contributed by atoms with Crippen molar-refractivity contribution in [1.82, 2.24) is 0 Å². The minimum absolute atomic E-state index is 0.167. The standard InChI is InChI=1S/C11H12F2OS/c1-6(15)8-4-9(12)10(13)5-11(8)14-7-2-3-7/h4-7,15H,2-3H2,1H3. The van der Waals surface area contributed by atoms with Crippen molar-refractivity contribution in [3.8, 4) is 5.75 Å². The van der Waals surface area contributed by atoms with E-state index in [2.05, 4.69) is 12.6 Å². The van der Waals surface area contributed by atoms with Crippen LogP contribution < -0.4 is 4.74 Å². The van der Waals surface area contributed by atoms with E-state index in [1.54, 1.807) is 6.92 Å². The van der Waals surface area contributed by atoms with Crippen molar-refractivity contribution >= 4 is 12.6 Å². The van der Waals surface area contributed by atoms with Gasteiger partial charge in [-0.25, -0.2) is 8.78 Å². The van der Waals surface area contributed by atoms with E-state index in [9.17, 15) is 8.78 Å². The molecule has 1 unspecified atom stereocenters. The van der Waals surface area contributed by atoms with E-state index >= 15 is 0 Å². The molecule has 0 spiro atoms. The van der Waals surface area contributed by atoms with Crippen LogP contribution in [0.4, 0.5) is 8.78 Å². The van der Waals surface area contributed by atoms with E-state index in [0.29, 0.717) is 11.3 Å². The van der Waals surface area contributed by atoms with Crippen LogP contribution >= 0.6 is 12.6 Å². The van der Waals surface area contributed by atoms with Crippen LogP contribution in [-0.2, 0) is 0 Å². The molecule has 1 atom stereocenters. The first-order valence-electron chi connectivity index (χ1n) is 4.91. The molecule has 1 nitrogen and oxygen atoms in total. The molecule has 0 radical (unpaired) electrons. The highest BCUT2D eigenvalue weighted by molar-refractivity contribution is 7.80. The maximum atomic E-state index is 13.0. The molecule has 0 heterocycles. The Hall–Kier alpha value is -0.770. The number of benzene rings is 1. The summed E-state index contributed by atoms with van der Waals surface area (Å²) in [5.74, 6) is -1.31. The highest BCUT2D eigenvalue weighted by atomic mass is 32.1. The van der Waals surface area contributed by atoms with Crippen LogP contribution in [0.15, 0.2) is 12.1 Å². The van der Waals surface area contributed by atoms with E-state index in [4.69, 9.17) is 4.74 Å². The van der Waals surface area contributed by atoms with Crippen molar-refractivity contribution in [3.63, 3.8) is 0 Å². The molecule has 0 N–H and O–H groups in total. The molecule has 4 heteroatoms. The van der Waals surface area contributed by atoms with Crippen LogP contribution in [0.5, 0.6) is 5.75 Å². The Kier molecular flexibility index (Phi) is 2.87. The molecule has 1 fully saturated rings. The van der Waals surface area contributed by atoms with Gasteiger partial charge in [0.2, 0.25) is 0 Å². The van der Waals surface area contributed by atoms with Crippen LogP contribution in [0.3, 0.4) is 0 Å². The number of halogens is 2. The first kappa shape index (κ1) is 10.7. The molecular weight excluding hydrogens is 218 g/mol. The van der Waals surface area contributed by atoms with E-state index in [1.807, 2.05) is 0 Å². The van der Waals surface area contributed by atoms with E-state index in [0.717, 1.165) is 25.0 Å². The van der Waals surface area contributed by atoms with Crippen molar-refractivity contribution in [1.29, 1.82) is 0 Å². The fraction of sp³-hybridized carbons (Fsp3) is 0.455. The SMILES string of the molecule is CC(S)c1cc(F)c(F)cc1OC1CC1. The Labute approximate surface area is 92.8 Å². The first-order chi connectivity index (χ1) is 7.08. The van der Waals surface area contributed by atoms with Crippen molar-refractivity contribution in [2.24, 2.45) is 0 Å². The molecular formula is C11H12F2OS. The van der Waals surface area contributed by atoms with Gasteiger partial charge in [-0.15, -0.1) is 0 Å². The Balaban J connectivity index is 2.34. The minimum atomic E-state index is -0.872. The van der Waals surface area contributed by atoms with Gasteiger partial charge in [-0.1, -0.05) is 0 Å². The smallest absolute Gasteiger partial charge is 0.162 e. The average Bonchev–Trinajstić information content (AvgIpc) is 2.94. The largest absolute Gasteiger partial charge is 0.490 e. The van der Waals surface area contributed by atoms with Gasteiger partial charge in [0.1, 0.15) is 5.75 Å². The maximum Gasteiger partial charge on any atom is 0.162 e. The fourth-order valence-electron chi connectivity index (χ4n) is 1.34.